The highest BCUT2D eigenvalue weighted by Crippen LogP contribution is 2.62. The van der Waals surface area contributed by atoms with Crippen LogP contribution in [0.2, 0.25) is 0 Å². The standard InChI is InChI=1S/C55H37N2O2PS/c58-61(59)53-31-17-13-27-47(53)55(45-25-11-15-29-50(45)57(38-18-4-1-5-19-38)51-30-16-12-26-46(51)55)48-36-44-43-24-10-14-28-49(43)56(52(44)37-54(48)61)39-32-34-42(35-33-39)60(40-20-6-2-7-21-40)41-22-8-3-9-23-41/h1-37H. The maximum atomic E-state index is 15.3. The molecule has 4 nitrogen and oxygen atoms in total. The lowest BCUT2D eigenvalue weighted by atomic mass is 9.62. The van der Waals surface area contributed by atoms with Crippen LogP contribution in [0.5, 0.6) is 0 Å². The molecule has 10 aromatic rings. The largest absolute Gasteiger partial charge is 0.310 e. The molecule has 0 bridgehead atoms. The lowest BCUT2D eigenvalue weighted by Gasteiger charge is -2.48. The SMILES string of the molecule is O=S1(=O)c2ccccc2C2(c3ccccc3N(c3ccccc3)c3ccccc32)c2cc3c4ccccc4n(-c4ccc(P(c5ccccc5)c5ccccc5)cc4)c3cc21. The molecule has 12 rings (SSSR count). The number of hydrogen-bond acceptors (Lipinski definition) is 3. The van der Waals surface area contributed by atoms with E-state index in [0.717, 1.165) is 66.8 Å². The maximum Gasteiger partial charge on any atom is 0.207 e. The average Bonchev–Trinajstić information content (AvgIpc) is 3.65. The van der Waals surface area contributed by atoms with Crippen molar-refractivity contribution in [2.75, 3.05) is 4.90 Å². The van der Waals surface area contributed by atoms with Crippen molar-refractivity contribution in [1.29, 1.82) is 0 Å². The third-order valence-electron chi connectivity index (χ3n) is 12.6. The quantitative estimate of drug-likeness (QED) is 0.162. The first-order chi connectivity index (χ1) is 30.0. The summed E-state index contributed by atoms with van der Waals surface area (Å²) in [5.74, 6) is 0. The van der Waals surface area contributed by atoms with E-state index in [9.17, 15) is 0 Å². The van der Waals surface area contributed by atoms with E-state index in [0.29, 0.717) is 9.79 Å². The van der Waals surface area contributed by atoms with Crippen molar-refractivity contribution < 1.29 is 8.42 Å². The molecule has 290 valence electrons. The molecule has 0 unspecified atom stereocenters. The monoisotopic (exact) mass is 820 g/mol. The zero-order valence-electron chi connectivity index (χ0n) is 32.9. The van der Waals surface area contributed by atoms with Gasteiger partial charge in [-0.25, -0.2) is 8.42 Å². The van der Waals surface area contributed by atoms with Crippen molar-refractivity contribution in [2.45, 2.75) is 15.2 Å². The number of nitrogens with zero attached hydrogens (tertiary/aromatic N) is 2. The Hall–Kier alpha value is -7.04. The predicted molar refractivity (Wildman–Crippen MR) is 251 cm³/mol. The average molecular weight is 821 g/mol. The van der Waals surface area contributed by atoms with Crippen LogP contribution in [0.3, 0.4) is 0 Å². The fourth-order valence-corrected chi connectivity index (χ4v) is 14.2. The second kappa shape index (κ2) is 13.8. The zero-order chi connectivity index (χ0) is 40.7. The summed E-state index contributed by atoms with van der Waals surface area (Å²) in [6, 6.07) is 78.0. The summed E-state index contributed by atoms with van der Waals surface area (Å²) in [5.41, 5.74) is 8.57. The van der Waals surface area contributed by atoms with Crippen molar-refractivity contribution in [3.05, 3.63) is 247 Å². The van der Waals surface area contributed by atoms with Crippen molar-refractivity contribution in [3.8, 4) is 5.69 Å². The summed E-state index contributed by atoms with van der Waals surface area (Å²) in [5, 5.41) is 5.89. The predicted octanol–water partition coefficient (Wildman–Crippen LogP) is 11.9. The summed E-state index contributed by atoms with van der Waals surface area (Å²) in [6.07, 6.45) is 0. The number of sulfone groups is 1. The van der Waals surface area contributed by atoms with E-state index in [1.54, 1.807) is 6.07 Å². The maximum absolute atomic E-state index is 15.3. The van der Waals surface area contributed by atoms with Crippen molar-refractivity contribution in [2.24, 2.45) is 0 Å². The molecule has 0 saturated heterocycles. The van der Waals surface area contributed by atoms with Gasteiger partial charge in [0.05, 0.1) is 37.6 Å². The molecule has 0 amide bonds. The van der Waals surface area contributed by atoms with Gasteiger partial charge in [-0.1, -0.05) is 164 Å². The Bertz CT molecular complexity index is 3350. The molecule has 0 atom stereocenters. The van der Waals surface area contributed by atoms with Gasteiger partial charge in [0.2, 0.25) is 9.84 Å². The Labute approximate surface area is 356 Å². The van der Waals surface area contributed by atoms with Crippen LogP contribution >= 0.6 is 7.92 Å². The van der Waals surface area contributed by atoms with Crippen molar-refractivity contribution in [3.63, 3.8) is 0 Å². The zero-order valence-corrected chi connectivity index (χ0v) is 34.6. The molecule has 0 aliphatic carbocycles. The molecule has 1 spiro atoms. The smallest absolute Gasteiger partial charge is 0.207 e. The first-order valence-corrected chi connectivity index (χ1v) is 23.3. The number of aromatic nitrogens is 1. The van der Waals surface area contributed by atoms with E-state index in [1.165, 1.54) is 15.9 Å². The molecule has 61 heavy (non-hydrogen) atoms. The molecule has 0 radical (unpaired) electrons. The van der Waals surface area contributed by atoms with E-state index >= 15 is 8.42 Å². The summed E-state index contributed by atoms with van der Waals surface area (Å²) in [6.45, 7) is 0. The Balaban J connectivity index is 1.13. The summed E-state index contributed by atoms with van der Waals surface area (Å²) < 4.78 is 32.9. The van der Waals surface area contributed by atoms with Crippen LogP contribution in [-0.4, -0.2) is 13.0 Å². The van der Waals surface area contributed by atoms with Crippen LogP contribution in [0.15, 0.2) is 234 Å². The van der Waals surface area contributed by atoms with Crippen molar-refractivity contribution in [1.82, 2.24) is 4.57 Å². The van der Waals surface area contributed by atoms with E-state index in [1.807, 2.05) is 30.3 Å². The highest BCUT2D eigenvalue weighted by molar-refractivity contribution is 7.91. The van der Waals surface area contributed by atoms with Crippen LogP contribution in [0.4, 0.5) is 17.1 Å². The molecule has 0 N–H and O–H groups in total. The molecule has 0 fully saturated rings. The molecule has 2 aliphatic heterocycles. The second-order valence-corrected chi connectivity index (χ2v) is 19.8. The van der Waals surface area contributed by atoms with E-state index in [4.69, 9.17) is 0 Å². The van der Waals surface area contributed by atoms with Crippen LogP contribution in [-0.2, 0) is 15.3 Å². The van der Waals surface area contributed by atoms with Gasteiger partial charge in [-0.05, 0) is 107 Å². The molecule has 6 heteroatoms. The second-order valence-electron chi connectivity index (χ2n) is 15.7. The minimum Gasteiger partial charge on any atom is -0.310 e. The van der Waals surface area contributed by atoms with Crippen LogP contribution in [0.25, 0.3) is 27.5 Å². The van der Waals surface area contributed by atoms with Gasteiger partial charge in [0.25, 0.3) is 0 Å². The van der Waals surface area contributed by atoms with Gasteiger partial charge < -0.3 is 9.47 Å². The van der Waals surface area contributed by atoms with Gasteiger partial charge in [-0.3, -0.25) is 0 Å². The minimum atomic E-state index is -3.98. The Morgan fingerprint density at radius 1 is 0.377 bits per heavy atom. The molecular weight excluding hydrogens is 784 g/mol. The first-order valence-electron chi connectivity index (χ1n) is 20.5. The highest BCUT2D eigenvalue weighted by Gasteiger charge is 2.53. The number of benzene rings is 9. The van der Waals surface area contributed by atoms with Gasteiger partial charge >= 0.3 is 0 Å². The number of para-hydroxylation sites is 4. The summed E-state index contributed by atoms with van der Waals surface area (Å²) in [4.78, 5) is 2.98. The molecular formula is C55H37N2O2PS. The third kappa shape index (κ3) is 5.18. The summed E-state index contributed by atoms with van der Waals surface area (Å²) >= 11 is 0. The lowest BCUT2D eigenvalue weighted by Crippen LogP contribution is -2.42. The first kappa shape index (κ1) is 35.9. The lowest BCUT2D eigenvalue weighted by molar-refractivity contribution is 0.578. The number of hydrogen-bond donors (Lipinski definition) is 0. The topological polar surface area (TPSA) is 42.3 Å². The Kier molecular flexibility index (Phi) is 8.09. The van der Waals surface area contributed by atoms with Gasteiger partial charge in [0.1, 0.15) is 0 Å². The molecule has 0 saturated carbocycles. The number of rotatable bonds is 5. The molecule has 2 aliphatic rings. The number of fused-ring (bicyclic) bond motifs is 11. The Morgan fingerprint density at radius 3 is 1.52 bits per heavy atom. The van der Waals surface area contributed by atoms with E-state index < -0.39 is 23.2 Å². The fourth-order valence-electron chi connectivity index (χ4n) is 10.1. The van der Waals surface area contributed by atoms with E-state index in [2.05, 4.69) is 198 Å². The minimum absolute atomic E-state index is 0.328. The third-order valence-corrected chi connectivity index (χ3v) is 16.9. The van der Waals surface area contributed by atoms with Crippen LogP contribution < -0.4 is 20.8 Å². The van der Waals surface area contributed by atoms with Gasteiger partial charge in [0.15, 0.2) is 0 Å². The molecule has 3 heterocycles. The fraction of sp³-hybridized carbons (Fsp3) is 0.0182. The number of anilines is 3. The highest BCUT2D eigenvalue weighted by atomic mass is 32.2. The van der Waals surface area contributed by atoms with Gasteiger partial charge in [-0.15, -0.1) is 0 Å². The van der Waals surface area contributed by atoms with Gasteiger partial charge in [-0.2, -0.15) is 0 Å². The molecule has 9 aromatic carbocycles. The van der Waals surface area contributed by atoms with Crippen LogP contribution in [0, 0.1) is 0 Å². The van der Waals surface area contributed by atoms with Crippen molar-refractivity contribution >= 4 is 72.5 Å². The molecule has 1 aromatic heterocycles. The summed E-state index contributed by atoms with van der Waals surface area (Å²) in [7, 11) is -4.77. The normalized spacial score (nSPS) is 14.4. The Morgan fingerprint density at radius 2 is 0.885 bits per heavy atom. The van der Waals surface area contributed by atoms with Gasteiger partial charge in [0, 0.05) is 22.1 Å². The van der Waals surface area contributed by atoms with Crippen LogP contribution in [0.1, 0.15) is 22.3 Å². The van der Waals surface area contributed by atoms with E-state index in [-0.39, 0.29) is 0 Å².